The summed E-state index contributed by atoms with van der Waals surface area (Å²) in [4.78, 5) is 2.23. The van der Waals surface area contributed by atoms with Crippen LogP contribution in [0.5, 0.6) is 0 Å². The molecule has 0 saturated carbocycles. The maximum atomic E-state index is 4.07. The molecule has 0 amide bonds. The van der Waals surface area contributed by atoms with E-state index in [1.165, 1.54) is 11.1 Å². The summed E-state index contributed by atoms with van der Waals surface area (Å²) < 4.78 is 0. The molecule has 1 aliphatic rings. The summed E-state index contributed by atoms with van der Waals surface area (Å²) in [6, 6.07) is 8.41. The zero-order valence-corrected chi connectivity index (χ0v) is 7.66. The van der Waals surface area contributed by atoms with Gasteiger partial charge in [-0.15, -0.1) is 6.58 Å². The molecule has 0 aliphatic carbocycles. The van der Waals surface area contributed by atoms with Gasteiger partial charge in [-0.2, -0.15) is 0 Å². The zero-order chi connectivity index (χ0) is 9.26. The quantitative estimate of drug-likeness (QED) is 0.618. The molecule has 0 radical (unpaired) electrons. The highest BCUT2D eigenvalue weighted by Gasteiger charge is 2.19. The monoisotopic (exact) mass is 171 g/mol. The second kappa shape index (κ2) is 3.09. The van der Waals surface area contributed by atoms with Crippen LogP contribution >= 0.6 is 0 Å². The lowest BCUT2D eigenvalue weighted by Gasteiger charge is -2.16. The Balaban J connectivity index is 2.32. The van der Waals surface area contributed by atoms with Gasteiger partial charge in [-0.3, -0.25) is 0 Å². The van der Waals surface area contributed by atoms with Crippen LogP contribution in [0.1, 0.15) is 11.1 Å². The Morgan fingerprint density at radius 1 is 1.38 bits per heavy atom. The minimum absolute atomic E-state index is 0.882. The molecule has 1 nitrogen and oxygen atoms in total. The van der Waals surface area contributed by atoms with Gasteiger partial charge in [0.05, 0.1) is 0 Å². The van der Waals surface area contributed by atoms with Crippen molar-refractivity contribution >= 4 is 5.70 Å². The molecule has 1 aromatic carbocycles. The summed E-state index contributed by atoms with van der Waals surface area (Å²) in [7, 11) is 0. The van der Waals surface area contributed by atoms with Crippen molar-refractivity contribution in [1.82, 2.24) is 4.90 Å². The third-order valence-electron chi connectivity index (χ3n) is 2.42. The van der Waals surface area contributed by atoms with Crippen LogP contribution in [0.15, 0.2) is 43.5 Å². The molecule has 0 N–H and O–H groups in total. The standard InChI is InChI=1S/C12H13N/c1-3-8-13-9-11-6-4-5-7-12(11)10(13)2/h3-7H,1-2,8-9H2. The maximum absolute atomic E-state index is 4.07. The van der Waals surface area contributed by atoms with Gasteiger partial charge in [0.25, 0.3) is 0 Å². The number of rotatable bonds is 2. The molecule has 0 aromatic heterocycles. The van der Waals surface area contributed by atoms with Crippen molar-refractivity contribution in [3.8, 4) is 0 Å². The number of hydrogen-bond acceptors (Lipinski definition) is 1. The van der Waals surface area contributed by atoms with Crippen LogP contribution in [0.2, 0.25) is 0 Å². The molecule has 0 spiro atoms. The lowest BCUT2D eigenvalue weighted by atomic mass is 10.1. The van der Waals surface area contributed by atoms with Crippen LogP contribution in [-0.2, 0) is 6.54 Å². The van der Waals surface area contributed by atoms with Gasteiger partial charge in [-0.25, -0.2) is 0 Å². The predicted octanol–water partition coefficient (Wildman–Crippen LogP) is 2.66. The maximum Gasteiger partial charge on any atom is 0.0439 e. The van der Waals surface area contributed by atoms with E-state index in [1.807, 2.05) is 6.08 Å². The van der Waals surface area contributed by atoms with E-state index in [1.54, 1.807) is 0 Å². The second-order valence-electron chi connectivity index (χ2n) is 3.27. The summed E-state index contributed by atoms with van der Waals surface area (Å²) in [5.41, 5.74) is 3.77. The van der Waals surface area contributed by atoms with Gasteiger partial charge in [0, 0.05) is 24.4 Å². The summed E-state index contributed by atoms with van der Waals surface area (Å²) in [5, 5.41) is 0. The number of benzene rings is 1. The van der Waals surface area contributed by atoms with Gasteiger partial charge >= 0.3 is 0 Å². The van der Waals surface area contributed by atoms with E-state index >= 15 is 0 Å². The second-order valence-corrected chi connectivity index (χ2v) is 3.27. The van der Waals surface area contributed by atoms with E-state index in [-0.39, 0.29) is 0 Å². The highest BCUT2D eigenvalue weighted by Crippen LogP contribution is 2.30. The summed E-state index contributed by atoms with van der Waals surface area (Å²) in [6.45, 7) is 9.67. The largest absolute Gasteiger partial charge is 0.363 e. The highest BCUT2D eigenvalue weighted by atomic mass is 15.1. The minimum Gasteiger partial charge on any atom is -0.363 e. The van der Waals surface area contributed by atoms with E-state index in [2.05, 4.69) is 42.3 Å². The molecule has 0 unspecified atom stereocenters. The topological polar surface area (TPSA) is 3.24 Å². The van der Waals surface area contributed by atoms with Gasteiger partial charge < -0.3 is 4.90 Å². The Morgan fingerprint density at radius 3 is 2.85 bits per heavy atom. The van der Waals surface area contributed by atoms with Crippen molar-refractivity contribution in [3.05, 3.63) is 54.6 Å². The number of hydrogen-bond donors (Lipinski definition) is 0. The molecule has 0 saturated heterocycles. The molecule has 1 heterocycles. The third-order valence-corrected chi connectivity index (χ3v) is 2.42. The normalized spacial score (nSPS) is 14.5. The Morgan fingerprint density at radius 2 is 2.15 bits per heavy atom. The van der Waals surface area contributed by atoms with Gasteiger partial charge in [0.2, 0.25) is 0 Å². The number of fused-ring (bicyclic) bond motifs is 1. The minimum atomic E-state index is 0.882. The average Bonchev–Trinajstić information content (AvgIpc) is 2.46. The molecule has 66 valence electrons. The predicted molar refractivity (Wildman–Crippen MR) is 56.1 cm³/mol. The van der Waals surface area contributed by atoms with E-state index < -0.39 is 0 Å². The van der Waals surface area contributed by atoms with Crippen molar-refractivity contribution in [1.29, 1.82) is 0 Å². The van der Waals surface area contributed by atoms with E-state index in [0.717, 1.165) is 18.8 Å². The molecule has 0 bridgehead atoms. The van der Waals surface area contributed by atoms with Crippen molar-refractivity contribution in [3.63, 3.8) is 0 Å². The molecular weight excluding hydrogens is 158 g/mol. The van der Waals surface area contributed by atoms with Gasteiger partial charge in [0.1, 0.15) is 0 Å². The fourth-order valence-corrected chi connectivity index (χ4v) is 1.74. The van der Waals surface area contributed by atoms with Crippen molar-refractivity contribution in [2.24, 2.45) is 0 Å². The van der Waals surface area contributed by atoms with E-state index in [9.17, 15) is 0 Å². The van der Waals surface area contributed by atoms with E-state index in [4.69, 9.17) is 0 Å². The van der Waals surface area contributed by atoms with Gasteiger partial charge in [-0.1, -0.05) is 36.9 Å². The van der Waals surface area contributed by atoms with Crippen molar-refractivity contribution in [2.75, 3.05) is 6.54 Å². The first kappa shape index (κ1) is 8.11. The Kier molecular flexibility index (Phi) is 1.93. The third kappa shape index (κ3) is 1.26. The van der Waals surface area contributed by atoms with Crippen LogP contribution < -0.4 is 0 Å². The molecule has 0 fully saturated rings. The molecule has 0 atom stereocenters. The van der Waals surface area contributed by atoms with Crippen molar-refractivity contribution < 1.29 is 0 Å². The fraction of sp³-hybridized carbons (Fsp3) is 0.167. The molecule has 2 rings (SSSR count). The lowest BCUT2D eigenvalue weighted by molar-refractivity contribution is 0.456. The first-order valence-electron chi connectivity index (χ1n) is 4.46. The molecular formula is C12H13N. The van der Waals surface area contributed by atoms with Crippen molar-refractivity contribution in [2.45, 2.75) is 6.54 Å². The fourth-order valence-electron chi connectivity index (χ4n) is 1.74. The van der Waals surface area contributed by atoms with Crippen LogP contribution in [0.3, 0.4) is 0 Å². The van der Waals surface area contributed by atoms with Crippen LogP contribution in [0.25, 0.3) is 5.70 Å². The van der Waals surface area contributed by atoms with E-state index in [0.29, 0.717) is 0 Å². The molecule has 1 heteroatoms. The van der Waals surface area contributed by atoms with Crippen LogP contribution in [-0.4, -0.2) is 11.4 Å². The Bertz CT molecular complexity index is 352. The Hall–Kier alpha value is -1.50. The molecule has 13 heavy (non-hydrogen) atoms. The smallest absolute Gasteiger partial charge is 0.0439 e. The zero-order valence-electron chi connectivity index (χ0n) is 7.66. The number of nitrogens with zero attached hydrogens (tertiary/aromatic N) is 1. The molecule has 1 aromatic rings. The summed E-state index contributed by atoms with van der Waals surface area (Å²) in [5.74, 6) is 0. The first-order chi connectivity index (χ1) is 6.33. The van der Waals surface area contributed by atoms with Crippen LogP contribution in [0, 0.1) is 0 Å². The average molecular weight is 171 g/mol. The summed E-state index contributed by atoms with van der Waals surface area (Å²) >= 11 is 0. The highest BCUT2D eigenvalue weighted by molar-refractivity contribution is 5.68. The molecule has 1 aliphatic heterocycles. The summed E-state index contributed by atoms with van der Waals surface area (Å²) in [6.07, 6.45) is 1.91. The van der Waals surface area contributed by atoms with Gasteiger partial charge in [0.15, 0.2) is 0 Å². The van der Waals surface area contributed by atoms with Crippen LogP contribution in [0.4, 0.5) is 0 Å². The SMILES string of the molecule is C=CCN1Cc2ccccc2C1=C. The van der Waals surface area contributed by atoms with Gasteiger partial charge in [-0.05, 0) is 5.56 Å². The Labute approximate surface area is 79.0 Å². The first-order valence-corrected chi connectivity index (χ1v) is 4.46. The lowest BCUT2D eigenvalue weighted by Crippen LogP contribution is -2.14.